The number of halogens is 1. The van der Waals surface area contributed by atoms with Crippen molar-refractivity contribution in [2.75, 3.05) is 24.8 Å². The average Bonchev–Trinajstić information content (AvgIpc) is 2.42. The molecule has 0 saturated carbocycles. The molecule has 2 rings (SSSR count). The summed E-state index contributed by atoms with van der Waals surface area (Å²) in [6.45, 7) is 2.01. The second-order valence-corrected chi connectivity index (χ2v) is 5.27. The first-order valence-electron chi connectivity index (χ1n) is 5.96. The number of hydrogen-bond acceptors (Lipinski definition) is 3. The van der Waals surface area contributed by atoms with Gasteiger partial charge >= 0.3 is 0 Å². The number of nitrogen functional groups attached to an aromatic ring is 1. The summed E-state index contributed by atoms with van der Waals surface area (Å²) in [5.41, 5.74) is 9.93. The van der Waals surface area contributed by atoms with Crippen LogP contribution in [0.4, 0.5) is 17.1 Å². The Hall–Kier alpha value is -1.68. The van der Waals surface area contributed by atoms with Crippen molar-refractivity contribution in [3.8, 4) is 5.75 Å². The zero-order valence-electron chi connectivity index (χ0n) is 11.3. The van der Waals surface area contributed by atoms with Crippen molar-refractivity contribution in [2.24, 2.45) is 0 Å². The van der Waals surface area contributed by atoms with Crippen LogP contribution in [0.1, 0.15) is 5.56 Å². The summed E-state index contributed by atoms with van der Waals surface area (Å²) in [6.07, 6.45) is 0. The van der Waals surface area contributed by atoms with Crippen LogP contribution in [0, 0.1) is 6.92 Å². The summed E-state index contributed by atoms with van der Waals surface area (Å²) in [5, 5.41) is 0. The number of ether oxygens (including phenoxy) is 1. The Balaban J connectivity index is 2.37. The summed E-state index contributed by atoms with van der Waals surface area (Å²) in [7, 11) is 3.69. The fraction of sp³-hybridized carbons (Fsp3) is 0.200. The first kappa shape index (κ1) is 13.7. The van der Waals surface area contributed by atoms with Crippen LogP contribution in [0.25, 0.3) is 0 Å². The molecule has 0 unspecified atom stereocenters. The fourth-order valence-electron chi connectivity index (χ4n) is 1.88. The van der Waals surface area contributed by atoms with Crippen LogP contribution in [0.15, 0.2) is 40.9 Å². The topological polar surface area (TPSA) is 38.5 Å². The van der Waals surface area contributed by atoms with Gasteiger partial charge in [0.2, 0.25) is 0 Å². The minimum atomic E-state index is 0.791. The highest BCUT2D eigenvalue weighted by Gasteiger charge is 2.10. The quantitative estimate of drug-likeness (QED) is 0.865. The first-order chi connectivity index (χ1) is 9.02. The Labute approximate surface area is 122 Å². The van der Waals surface area contributed by atoms with Crippen molar-refractivity contribution in [1.82, 2.24) is 0 Å². The third kappa shape index (κ3) is 2.84. The van der Waals surface area contributed by atoms with E-state index in [-0.39, 0.29) is 0 Å². The van der Waals surface area contributed by atoms with Gasteiger partial charge in [-0.1, -0.05) is 0 Å². The molecule has 0 radical (unpaired) electrons. The number of rotatable bonds is 3. The van der Waals surface area contributed by atoms with Gasteiger partial charge in [0.05, 0.1) is 12.8 Å². The van der Waals surface area contributed by atoms with Gasteiger partial charge in [0.25, 0.3) is 0 Å². The normalized spacial score (nSPS) is 10.3. The number of hydrogen-bond donors (Lipinski definition) is 1. The Kier molecular flexibility index (Phi) is 4.00. The molecule has 0 amide bonds. The van der Waals surface area contributed by atoms with Crippen LogP contribution >= 0.6 is 15.9 Å². The molecule has 0 aliphatic heterocycles. The Morgan fingerprint density at radius 2 is 1.79 bits per heavy atom. The molecule has 2 aromatic rings. The maximum Gasteiger partial charge on any atom is 0.119 e. The third-order valence-corrected chi connectivity index (χ3v) is 3.79. The fourth-order valence-corrected chi connectivity index (χ4v) is 2.51. The molecule has 0 aromatic heterocycles. The van der Waals surface area contributed by atoms with Gasteiger partial charge in [0.1, 0.15) is 5.75 Å². The van der Waals surface area contributed by atoms with Crippen LogP contribution in [-0.2, 0) is 0 Å². The van der Waals surface area contributed by atoms with Crippen molar-refractivity contribution in [3.05, 3.63) is 46.4 Å². The van der Waals surface area contributed by atoms with E-state index in [0.29, 0.717) is 0 Å². The van der Waals surface area contributed by atoms with Crippen LogP contribution in [0.5, 0.6) is 5.75 Å². The lowest BCUT2D eigenvalue weighted by molar-refractivity contribution is 0.415. The summed E-state index contributed by atoms with van der Waals surface area (Å²) in [6, 6.07) is 12.0. The molecule has 4 heteroatoms. The predicted molar refractivity (Wildman–Crippen MR) is 84.3 cm³/mol. The van der Waals surface area contributed by atoms with E-state index in [9.17, 15) is 0 Å². The Morgan fingerprint density at radius 3 is 2.37 bits per heavy atom. The molecule has 3 nitrogen and oxygen atoms in total. The van der Waals surface area contributed by atoms with Crippen molar-refractivity contribution < 1.29 is 4.74 Å². The molecule has 0 bridgehead atoms. The summed E-state index contributed by atoms with van der Waals surface area (Å²) < 4.78 is 6.15. The molecule has 19 heavy (non-hydrogen) atoms. The predicted octanol–water partition coefficient (Wildman–Crippen LogP) is 4.12. The van der Waals surface area contributed by atoms with E-state index < -0.39 is 0 Å². The van der Waals surface area contributed by atoms with Gasteiger partial charge in [-0.25, -0.2) is 0 Å². The van der Waals surface area contributed by atoms with Crippen LogP contribution in [0.3, 0.4) is 0 Å². The van der Waals surface area contributed by atoms with Crippen LogP contribution in [-0.4, -0.2) is 14.2 Å². The van der Waals surface area contributed by atoms with Gasteiger partial charge < -0.3 is 15.4 Å². The highest BCUT2D eigenvalue weighted by Crippen LogP contribution is 2.34. The number of nitrogens with zero attached hydrogens (tertiary/aromatic N) is 1. The van der Waals surface area contributed by atoms with Gasteiger partial charge in [-0.3, -0.25) is 0 Å². The highest BCUT2D eigenvalue weighted by molar-refractivity contribution is 9.10. The molecular formula is C15H17BrN2O. The number of aryl methyl sites for hydroxylation is 1. The number of methoxy groups -OCH3 is 1. The summed E-state index contributed by atoms with van der Waals surface area (Å²) in [5.74, 6) is 0.852. The van der Waals surface area contributed by atoms with E-state index in [1.165, 1.54) is 0 Å². The van der Waals surface area contributed by atoms with Gasteiger partial charge in [0.15, 0.2) is 0 Å². The standard InChI is InChI=1S/C15H17BrN2O/c1-10-8-15(13(16)9-14(10)17)18(2)11-4-6-12(19-3)7-5-11/h4-9H,17H2,1-3H3. The smallest absolute Gasteiger partial charge is 0.119 e. The van der Waals surface area contributed by atoms with Gasteiger partial charge in [-0.15, -0.1) is 0 Å². The zero-order valence-corrected chi connectivity index (χ0v) is 12.9. The van der Waals surface area contributed by atoms with E-state index in [1.54, 1.807) is 7.11 Å². The van der Waals surface area contributed by atoms with Crippen LogP contribution < -0.4 is 15.4 Å². The highest BCUT2D eigenvalue weighted by atomic mass is 79.9. The number of nitrogens with two attached hydrogens (primary N) is 1. The van der Waals surface area contributed by atoms with E-state index >= 15 is 0 Å². The van der Waals surface area contributed by atoms with Crippen molar-refractivity contribution >= 4 is 33.0 Å². The monoisotopic (exact) mass is 320 g/mol. The Bertz CT molecular complexity index is 581. The largest absolute Gasteiger partial charge is 0.497 e. The maximum atomic E-state index is 5.90. The lowest BCUT2D eigenvalue weighted by Crippen LogP contribution is -2.10. The minimum absolute atomic E-state index is 0.791. The van der Waals surface area contributed by atoms with Crippen LogP contribution in [0.2, 0.25) is 0 Å². The minimum Gasteiger partial charge on any atom is -0.497 e. The first-order valence-corrected chi connectivity index (χ1v) is 6.75. The van der Waals surface area contributed by atoms with Crippen molar-refractivity contribution in [1.29, 1.82) is 0 Å². The van der Waals surface area contributed by atoms with E-state index in [0.717, 1.165) is 32.8 Å². The van der Waals surface area contributed by atoms with E-state index in [2.05, 4.69) is 26.9 Å². The van der Waals surface area contributed by atoms with Crippen molar-refractivity contribution in [3.63, 3.8) is 0 Å². The molecule has 100 valence electrons. The van der Waals surface area contributed by atoms with E-state index in [4.69, 9.17) is 10.5 Å². The number of benzene rings is 2. The Morgan fingerprint density at radius 1 is 1.16 bits per heavy atom. The SMILES string of the molecule is COc1ccc(N(C)c2cc(C)c(N)cc2Br)cc1. The maximum absolute atomic E-state index is 5.90. The number of anilines is 3. The molecule has 0 saturated heterocycles. The molecule has 0 heterocycles. The van der Waals surface area contributed by atoms with Gasteiger partial charge in [0, 0.05) is 22.9 Å². The molecule has 0 fully saturated rings. The molecule has 0 aliphatic carbocycles. The second kappa shape index (κ2) is 5.53. The zero-order chi connectivity index (χ0) is 14.0. The molecule has 0 aliphatic rings. The lowest BCUT2D eigenvalue weighted by atomic mass is 10.1. The average molecular weight is 321 g/mol. The van der Waals surface area contributed by atoms with Crippen molar-refractivity contribution in [2.45, 2.75) is 6.92 Å². The second-order valence-electron chi connectivity index (χ2n) is 4.42. The molecule has 2 N–H and O–H groups in total. The molecule has 2 aromatic carbocycles. The summed E-state index contributed by atoms with van der Waals surface area (Å²) >= 11 is 3.56. The molecular weight excluding hydrogens is 304 g/mol. The van der Waals surface area contributed by atoms with Gasteiger partial charge in [-0.05, 0) is 64.8 Å². The summed E-state index contributed by atoms with van der Waals surface area (Å²) in [4.78, 5) is 2.11. The molecule has 0 atom stereocenters. The lowest BCUT2D eigenvalue weighted by Gasteiger charge is -2.22. The molecule has 0 spiro atoms. The van der Waals surface area contributed by atoms with E-state index in [1.807, 2.05) is 44.3 Å². The van der Waals surface area contributed by atoms with Gasteiger partial charge in [-0.2, -0.15) is 0 Å². The third-order valence-electron chi connectivity index (χ3n) is 3.16.